The maximum atomic E-state index is 13.0. The standard InChI is InChI=1S/C18H19NOS/c20-18(13-8-14-5-3-6-15(9-13)21-14)17-11-19-10-12-4-1-2-7-16(12)17/h1-2,4,7,10-11,13-15H,3,5-6,8-9H2. The normalized spacial score (nSPS) is 28.5. The molecule has 0 N–H and O–H groups in total. The second-order valence-electron chi connectivity index (χ2n) is 6.25. The van der Waals surface area contributed by atoms with Crippen LogP contribution in [0, 0.1) is 5.92 Å². The van der Waals surface area contributed by atoms with E-state index >= 15 is 0 Å². The molecule has 0 spiro atoms. The molecule has 21 heavy (non-hydrogen) atoms. The van der Waals surface area contributed by atoms with Crippen molar-refractivity contribution in [3.63, 3.8) is 0 Å². The highest BCUT2D eigenvalue weighted by Gasteiger charge is 2.36. The van der Waals surface area contributed by atoms with Gasteiger partial charge in [-0.1, -0.05) is 30.7 Å². The summed E-state index contributed by atoms with van der Waals surface area (Å²) < 4.78 is 0. The number of hydrogen-bond donors (Lipinski definition) is 0. The van der Waals surface area contributed by atoms with Gasteiger partial charge in [-0.2, -0.15) is 11.8 Å². The van der Waals surface area contributed by atoms with Gasteiger partial charge in [0.25, 0.3) is 0 Å². The first-order chi connectivity index (χ1) is 10.3. The van der Waals surface area contributed by atoms with Gasteiger partial charge in [-0.15, -0.1) is 0 Å². The minimum absolute atomic E-state index is 0.203. The Labute approximate surface area is 129 Å². The summed E-state index contributed by atoms with van der Waals surface area (Å²) in [6, 6.07) is 8.08. The first-order valence-electron chi connectivity index (χ1n) is 7.83. The highest BCUT2D eigenvalue weighted by molar-refractivity contribution is 8.00. The molecule has 2 fully saturated rings. The summed E-state index contributed by atoms with van der Waals surface area (Å²) in [6.45, 7) is 0. The van der Waals surface area contributed by atoms with Crippen LogP contribution in [0.25, 0.3) is 10.8 Å². The molecule has 0 aliphatic carbocycles. The first kappa shape index (κ1) is 13.3. The first-order valence-corrected chi connectivity index (χ1v) is 8.78. The lowest BCUT2D eigenvalue weighted by molar-refractivity contribution is 0.0898. The van der Waals surface area contributed by atoms with E-state index in [9.17, 15) is 4.79 Å². The fourth-order valence-electron chi connectivity index (χ4n) is 3.81. The van der Waals surface area contributed by atoms with Crippen LogP contribution in [0.15, 0.2) is 36.7 Å². The van der Waals surface area contributed by atoms with E-state index in [-0.39, 0.29) is 5.92 Å². The molecule has 2 saturated heterocycles. The van der Waals surface area contributed by atoms with Crippen molar-refractivity contribution >= 4 is 28.3 Å². The summed E-state index contributed by atoms with van der Waals surface area (Å²) >= 11 is 2.13. The van der Waals surface area contributed by atoms with Gasteiger partial charge in [-0.25, -0.2) is 0 Å². The second kappa shape index (κ2) is 5.45. The lowest BCUT2D eigenvalue weighted by atomic mass is 9.84. The molecule has 2 aromatic rings. The van der Waals surface area contributed by atoms with Crippen LogP contribution in [0.5, 0.6) is 0 Å². The number of pyridine rings is 1. The van der Waals surface area contributed by atoms with E-state index < -0.39 is 0 Å². The van der Waals surface area contributed by atoms with E-state index in [1.165, 1.54) is 19.3 Å². The van der Waals surface area contributed by atoms with Crippen LogP contribution in [0.2, 0.25) is 0 Å². The molecule has 2 unspecified atom stereocenters. The smallest absolute Gasteiger partial charge is 0.168 e. The predicted molar refractivity (Wildman–Crippen MR) is 87.8 cm³/mol. The van der Waals surface area contributed by atoms with Gasteiger partial charge in [-0.05, 0) is 31.1 Å². The van der Waals surface area contributed by atoms with E-state index in [1.54, 1.807) is 6.20 Å². The zero-order valence-corrected chi connectivity index (χ0v) is 12.8. The number of benzene rings is 1. The van der Waals surface area contributed by atoms with Crippen molar-refractivity contribution in [1.29, 1.82) is 0 Å². The molecular formula is C18H19NOS. The van der Waals surface area contributed by atoms with Gasteiger partial charge >= 0.3 is 0 Å². The molecule has 4 rings (SSSR count). The fourth-order valence-corrected chi connectivity index (χ4v) is 5.64. The van der Waals surface area contributed by atoms with Crippen LogP contribution in [-0.2, 0) is 0 Å². The topological polar surface area (TPSA) is 30.0 Å². The van der Waals surface area contributed by atoms with Gasteiger partial charge in [0.15, 0.2) is 5.78 Å². The molecular weight excluding hydrogens is 278 g/mol. The summed E-state index contributed by atoms with van der Waals surface area (Å²) in [7, 11) is 0. The molecule has 2 nitrogen and oxygen atoms in total. The van der Waals surface area contributed by atoms with E-state index in [1.807, 2.05) is 30.5 Å². The highest BCUT2D eigenvalue weighted by Crippen LogP contribution is 2.44. The number of thioether (sulfide) groups is 1. The number of carbonyl (C=O) groups is 1. The average Bonchev–Trinajstić information content (AvgIpc) is 2.53. The van der Waals surface area contributed by atoms with Crippen molar-refractivity contribution < 1.29 is 4.79 Å². The monoisotopic (exact) mass is 297 g/mol. The molecule has 2 bridgehead atoms. The maximum Gasteiger partial charge on any atom is 0.168 e. The predicted octanol–water partition coefficient (Wildman–Crippen LogP) is 4.48. The second-order valence-corrected chi connectivity index (χ2v) is 7.86. The number of fused-ring (bicyclic) bond motifs is 3. The molecule has 108 valence electrons. The molecule has 0 radical (unpaired) electrons. The van der Waals surface area contributed by atoms with E-state index in [2.05, 4.69) is 16.7 Å². The summed E-state index contributed by atoms with van der Waals surface area (Å²) in [5.74, 6) is 0.519. The molecule has 1 aromatic carbocycles. The number of Topliss-reactive ketones (excluding diaryl/α,β-unsaturated/α-hetero) is 1. The molecule has 0 amide bonds. The fraction of sp³-hybridized carbons (Fsp3) is 0.444. The Balaban J connectivity index is 1.67. The molecule has 3 heteroatoms. The van der Waals surface area contributed by atoms with Crippen molar-refractivity contribution in [3.05, 3.63) is 42.2 Å². The Hall–Kier alpha value is -1.35. The van der Waals surface area contributed by atoms with Gasteiger partial charge in [0.1, 0.15) is 0 Å². The third-order valence-corrected chi connectivity index (χ3v) is 6.46. The zero-order chi connectivity index (χ0) is 14.2. The van der Waals surface area contributed by atoms with Crippen LogP contribution in [-0.4, -0.2) is 21.3 Å². The van der Waals surface area contributed by atoms with Crippen molar-refractivity contribution in [3.8, 4) is 0 Å². The van der Waals surface area contributed by atoms with Crippen LogP contribution in [0.3, 0.4) is 0 Å². The van der Waals surface area contributed by atoms with Gasteiger partial charge < -0.3 is 0 Å². The molecule has 1 aromatic heterocycles. The Morgan fingerprint density at radius 1 is 1.10 bits per heavy atom. The highest BCUT2D eigenvalue weighted by atomic mass is 32.2. The van der Waals surface area contributed by atoms with Gasteiger partial charge in [0.05, 0.1) is 0 Å². The Morgan fingerprint density at radius 3 is 2.67 bits per heavy atom. The number of ketones is 1. The third-order valence-electron chi connectivity index (χ3n) is 4.84. The summed E-state index contributed by atoms with van der Waals surface area (Å²) in [4.78, 5) is 17.3. The molecule has 0 saturated carbocycles. The Kier molecular flexibility index (Phi) is 3.46. The molecule has 2 atom stereocenters. The zero-order valence-electron chi connectivity index (χ0n) is 12.0. The number of hydrogen-bond acceptors (Lipinski definition) is 3. The van der Waals surface area contributed by atoms with Crippen molar-refractivity contribution in [2.45, 2.75) is 42.6 Å². The largest absolute Gasteiger partial charge is 0.294 e. The SMILES string of the molecule is O=C(c1cncc2ccccc12)C1CC2CCCC(C1)S2. The quantitative estimate of drug-likeness (QED) is 0.765. The van der Waals surface area contributed by atoms with Crippen molar-refractivity contribution in [1.82, 2.24) is 4.98 Å². The summed E-state index contributed by atoms with van der Waals surface area (Å²) in [6.07, 6.45) is 9.66. The average molecular weight is 297 g/mol. The minimum atomic E-state index is 0.203. The molecule has 2 aliphatic rings. The van der Waals surface area contributed by atoms with E-state index in [4.69, 9.17) is 0 Å². The van der Waals surface area contributed by atoms with Crippen molar-refractivity contribution in [2.24, 2.45) is 5.92 Å². The van der Waals surface area contributed by atoms with Gasteiger partial charge in [0, 0.05) is 39.8 Å². The van der Waals surface area contributed by atoms with E-state index in [0.29, 0.717) is 16.3 Å². The van der Waals surface area contributed by atoms with Crippen LogP contribution in [0.1, 0.15) is 42.5 Å². The summed E-state index contributed by atoms with van der Waals surface area (Å²) in [5.41, 5.74) is 0.822. The van der Waals surface area contributed by atoms with Crippen LogP contribution in [0.4, 0.5) is 0 Å². The van der Waals surface area contributed by atoms with Crippen LogP contribution < -0.4 is 0 Å². The number of rotatable bonds is 2. The van der Waals surface area contributed by atoms with Gasteiger partial charge in [0.2, 0.25) is 0 Å². The number of aromatic nitrogens is 1. The number of carbonyl (C=O) groups excluding carboxylic acids is 1. The number of nitrogens with zero attached hydrogens (tertiary/aromatic N) is 1. The minimum Gasteiger partial charge on any atom is -0.294 e. The molecule has 2 aliphatic heterocycles. The Bertz CT molecular complexity index is 666. The van der Waals surface area contributed by atoms with Crippen LogP contribution >= 0.6 is 11.8 Å². The maximum absolute atomic E-state index is 13.0. The lowest BCUT2D eigenvalue weighted by Crippen LogP contribution is -2.33. The Morgan fingerprint density at radius 2 is 1.86 bits per heavy atom. The third kappa shape index (κ3) is 2.48. The summed E-state index contributed by atoms with van der Waals surface area (Å²) in [5, 5.41) is 3.53. The van der Waals surface area contributed by atoms with E-state index in [0.717, 1.165) is 29.2 Å². The van der Waals surface area contributed by atoms with Crippen molar-refractivity contribution in [2.75, 3.05) is 0 Å². The van der Waals surface area contributed by atoms with Gasteiger partial charge in [-0.3, -0.25) is 9.78 Å². The lowest BCUT2D eigenvalue weighted by Gasteiger charge is -2.38. The molecule has 3 heterocycles.